The molecule has 3 rings (SSSR count). The first-order chi connectivity index (χ1) is 18.8. The first kappa shape index (κ1) is 29.1. The highest BCUT2D eigenvalue weighted by Gasteiger charge is 2.28. The molecular formula is C27H31N3O8S. The lowest BCUT2D eigenvalue weighted by molar-refractivity contribution is -0.119. The van der Waals surface area contributed by atoms with Crippen molar-refractivity contribution >= 4 is 27.8 Å². The predicted molar refractivity (Wildman–Crippen MR) is 147 cm³/mol. The average molecular weight is 558 g/mol. The van der Waals surface area contributed by atoms with Gasteiger partial charge in [-0.2, -0.15) is 5.10 Å². The van der Waals surface area contributed by atoms with Crippen molar-refractivity contribution in [3.63, 3.8) is 0 Å². The Balaban J connectivity index is 1.91. The molecule has 0 aromatic heterocycles. The molecule has 208 valence electrons. The van der Waals surface area contributed by atoms with E-state index in [1.54, 1.807) is 42.5 Å². The molecule has 39 heavy (non-hydrogen) atoms. The lowest BCUT2D eigenvalue weighted by Gasteiger charge is -2.24. The van der Waals surface area contributed by atoms with Crippen molar-refractivity contribution in [2.24, 2.45) is 5.10 Å². The third-order valence-electron chi connectivity index (χ3n) is 5.49. The van der Waals surface area contributed by atoms with Crippen LogP contribution in [-0.4, -0.2) is 62.1 Å². The van der Waals surface area contributed by atoms with Crippen LogP contribution in [0.15, 0.2) is 70.7 Å². The molecule has 0 aliphatic carbocycles. The molecular weight excluding hydrogens is 526 g/mol. The van der Waals surface area contributed by atoms with Crippen molar-refractivity contribution in [2.75, 3.05) is 45.9 Å². The zero-order chi connectivity index (χ0) is 28.4. The Labute approximate surface area is 227 Å². The number of hydrazone groups is 1. The Morgan fingerprint density at radius 2 is 1.59 bits per heavy atom. The number of sulfonamides is 1. The van der Waals surface area contributed by atoms with Gasteiger partial charge in [0.05, 0.1) is 51.8 Å². The van der Waals surface area contributed by atoms with Gasteiger partial charge in [-0.3, -0.25) is 9.10 Å². The highest BCUT2D eigenvalue weighted by Crippen LogP contribution is 2.33. The lowest BCUT2D eigenvalue weighted by Crippen LogP contribution is -2.39. The number of rotatable bonds is 13. The van der Waals surface area contributed by atoms with E-state index in [1.807, 2.05) is 6.92 Å². The molecule has 1 amide bonds. The fraction of sp³-hybridized carbons (Fsp3) is 0.259. The van der Waals surface area contributed by atoms with Gasteiger partial charge in [-0.05, 0) is 55.5 Å². The van der Waals surface area contributed by atoms with Crippen LogP contribution in [0.5, 0.6) is 28.7 Å². The highest BCUT2D eigenvalue weighted by molar-refractivity contribution is 7.92. The van der Waals surface area contributed by atoms with Gasteiger partial charge in [0.1, 0.15) is 12.3 Å². The average Bonchev–Trinajstić information content (AvgIpc) is 2.95. The van der Waals surface area contributed by atoms with Crippen molar-refractivity contribution in [1.82, 2.24) is 5.43 Å². The number of benzene rings is 3. The molecule has 0 atom stereocenters. The third-order valence-corrected chi connectivity index (χ3v) is 7.26. The van der Waals surface area contributed by atoms with E-state index in [0.717, 1.165) is 4.31 Å². The van der Waals surface area contributed by atoms with Crippen molar-refractivity contribution in [3.8, 4) is 28.7 Å². The number of methoxy groups -OCH3 is 4. The Kier molecular flexibility index (Phi) is 9.98. The summed E-state index contributed by atoms with van der Waals surface area (Å²) in [6, 6.07) is 15.8. The Morgan fingerprint density at radius 3 is 2.21 bits per heavy atom. The zero-order valence-electron chi connectivity index (χ0n) is 22.3. The maximum atomic E-state index is 13.7. The first-order valence-corrected chi connectivity index (χ1v) is 13.2. The Morgan fingerprint density at radius 1 is 0.897 bits per heavy atom. The summed E-state index contributed by atoms with van der Waals surface area (Å²) in [5.41, 5.74) is 3.18. The van der Waals surface area contributed by atoms with Gasteiger partial charge in [-0.1, -0.05) is 6.07 Å². The lowest BCUT2D eigenvalue weighted by atomic mass is 10.2. The van der Waals surface area contributed by atoms with Gasteiger partial charge in [0.2, 0.25) is 0 Å². The van der Waals surface area contributed by atoms with Gasteiger partial charge >= 0.3 is 0 Å². The highest BCUT2D eigenvalue weighted by atomic mass is 32.2. The van der Waals surface area contributed by atoms with E-state index in [2.05, 4.69) is 10.5 Å². The van der Waals surface area contributed by atoms with Crippen molar-refractivity contribution < 1.29 is 36.9 Å². The minimum atomic E-state index is -4.22. The van der Waals surface area contributed by atoms with Crippen LogP contribution in [0.25, 0.3) is 0 Å². The van der Waals surface area contributed by atoms with E-state index in [0.29, 0.717) is 35.2 Å². The SMILES string of the molecule is CCOc1ccc(N(CC(=O)N/N=C\c2cccc(OC)c2OC)S(=O)(=O)c2ccc(OC)c(OC)c2)cc1. The van der Waals surface area contributed by atoms with Crippen molar-refractivity contribution in [2.45, 2.75) is 11.8 Å². The monoisotopic (exact) mass is 557 g/mol. The maximum Gasteiger partial charge on any atom is 0.264 e. The number of nitrogens with zero attached hydrogens (tertiary/aromatic N) is 2. The number of ether oxygens (including phenoxy) is 5. The zero-order valence-corrected chi connectivity index (χ0v) is 23.2. The summed E-state index contributed by atoms with van der Waals surface area (Å²) < 4.78 is 55.0. The molecule has 0 fully saturated rings. The fourth-order valence-corrected chi connectivity index (χ4v) is 5.08. The number of amides is 1. The van der Waals surface area contributed by atoms with Crippen LogP contribution >= 0.6 is 0 Å². The maximum absolute atomic E-state index is 13.7. The molecule has 0 heterocycles. The summed E-state index contributed by atoms with van der Waals surface area (Å²) in [6.45, 7) is 1.73. The summed E-state index contributed by atoms with van der Waals surface area (Å²) in [4.78, 5) is 12.8. The summed E-state index contributed by atoms with van der Waals surface area (Å²) >= 11 is 0. The largest absolute Gasteiger partial charge is 0.494 e. The Hall–Kier alpha value is -4.45. The summed E-state index contributed by atoms with van der Waals surface area (Å²) in [5.74, 6) is 1.41. The molecule has 0 saturated heterocycles. The van der Waals surface area contributed by atoms with E-state index >= 15 is 0 Å². The topological polar surface area (TPSA) is 125 Å². The van der Waals surface area contributed by atoms with E-state index in [9.17, 15) is 13.2 Å². The second-order valence-corrected chi connectivity index (χ2v) is 9.69. The van der Waals surface area contributed by atoms with Gasteiger partial charge in [0.25, 0.3) is 15.9 Å². The molecule has 0 saturated carbocycles. The predicted octanol–water partition coefficient (Wildman–Crippen LogP) is 3.47. The summed E-state index contributed by atoms with van der Waals surface area (Å²) in [6.07, 6.45) is 1.38. The van der Waals surface area contributed by atoms with E-state index < -0.39 is 22.5 Å². The molecule has 0 radical (unpaired) electrons. The van der Waals surface area contributed by atoms with E-state index in [1.165, 1.54) is 52.9 Å². The number of para-hydroxylation sites is 1. The number of anilines is 1. The van der Waals surface area contributed by atoms with Gasteiger partial charge in [0.15, 0.2) is 23.0 Å². The number of carbonyl (C=O) groups excluding carboxylic acids is 1. The number of carbonyl (C=O) groups is 1. The number of hydrogen-bond donors (Lipinski definition) is 1. The molecule has 11 nitrogen and oxygen atoms in total. The quantitative estimate of drug-likeness (QED) is 0.250. The van der Waals surface area contributed by atoms with E-state index in [4.69, 9.17) is 23.7 Å². The molecule has 12 heteroatoms. The smallest absolute Gasteiger partial charge is 0.264 e. The van der Waals surface area contributed by atoms with Crippen LogP contribution < -0.4 is 33.4 Å². The number of hydrogen-bond acceptors (Lipinski definition) is 9. The minimum absolute atomic E-state index is 0.0912. The molecule has 0 aliphatic heterocycles. The molecule has 0 unspecified atom stereocenters. The van der Waals surface area contributed by atoms with Gasteiger partial charge in [0, 0.05) is 11.6 Å². The van der Waals surface area contributed by atoms with Gasteiger partial charge in [-0.15, -0.1) is 0 Å². The van der Waals surface area contributed by atoms with Crippen LogP contribution in [0.3, 0.4) is 0 Å². The van der Waals surface area contributed by atoms with Crippen LogP contribution in [0.2, 0.25) is 0 Å². The molecule has 0 bridgehead atoms. The molecule has 1 N–H and O–H groups in total. The summed E-state index contributed by atoms with van der Waals surface area (Å²) in [7, 11) is 1.63. The minimum Gasteiger partial charge on any atom is -0.494 e. The normalized spacial score (nSPS) is 11.1. The van der Waals surface area contributed by atoms with Crippen LogP contribution in [0.4, 0.5) is 5.69 Å². The van der Waals surface area contributed by atoms with Crippen molar-refractivity contribution in [3.05, 3.63) is 66.2 Å². The standard InChI is InChI=1S/C27H31N3O8S/c1-6-38-21-12-10-20(11-13-21)30(39(32,33)22-14-15-23(34-2)25(16-22)36-4)18-26(31)29-28-17-19-8-7-9-24(35-3)27(19)37-5/h7-17H,6,18H2,1-5H3,(H,29,31)/b28-17-. The van der Waals surface area contributed by atoms with Gasteiger partial charge < -0.3 is 23.7 Å². The first-order valence-electron chi connectivity index (χ1n) is 11.8. The molecule has 0 aliphatic rings. The fourth-order valence-electron chi connectivity index (χ4n) is 3.65. The number of nitrogens with one attached hydrogen (secondary N) is 1. The van der Waals surface area contributed by atoms with Gasteiger partial charge in [-0.25, -0.2) is 13.8 Å². The Bertz CT molecular complexity index is 1410. The van der Waals surface area contributed by atoms with Crippen LogP contribution in [-0.2, 0) is 14.8 Å². The summed E-state index contributed by atoms with van der Waals surface area (Å²) in [5, 5.41) is 3.98. The molecule has 3 aromatic rings. The second kappa shape index (κ2) is 13.4. The molecule has 0 spiro atoms. The molecule has 3 aromatic carbocycles. The van der Waals surface area contributed by atoms with Crippen LogP contribution in [0, 0.1) is 0 Å². The third kappa shape index (κ3) is 6.90. The second-order valence-electron chi connectivity index (χ2n) is 7.83. The van der Waals surface area contributed by atoms with Crippen LogP contribution in [0.1, 0.15) is 12.5 Å². The van der Waals surface area contributed by atoms with Crippen molar-refractivity contribution in [1.29, 1.82) is 0 Å². The van der Waals surface area contributed by atoms with E-state index in [-0.39, 0.29) is 16.3 Å².